The number of halogens is 3. The standard InChI is InChI=1S/C31H39F3N2O5/c1-20-15-23-22-9-4-5-10-26(22)35-29(23)30(36(20)19-31(2,3)34)28-24(32)16-21(17-25(28)33)41-14-7-6-11-39-12-8-13-40-18-27(37)38/h4-5,9-10,16-17,20,30,35H,6-8,11-15,18-19H2,1-3H3,(H,37,38)/t20-,30-/m1/s1. The molecular weight excluding hydrogens is 537 g/mol. The van der Waals surface area contributed by atoms with Gasteiger partial charge >= 0.3 is 5.97 Å². The lowest BCUT2D eigenvalue weighted by atomic mass is 9.87. The molecule has 3 aromatic rings. The fourth-order valence-electron chi connectivity index (χ4n) is 5.42. The molecule has 0 saturated heterocycles. The third-order valence-corrected chi connectivity index (χ3v) is 7.16. The van der Waals surface area contributed by atoms with Crippen LogP contribution >= 0.6 is 0 Å². The average Bonchev–Trinajstić information content (AvgIpc) is 3.25. The van der Waals surface area contributed by atoms with Crippen LogP contribution in [0, 0.1) is 11.6 Å². The summed E-state index contributed by atoms with van der Waals surface area (Å²) in [5.74, 6) is -2.38. The van der Waals surface area contributed by atoms with Crippen molar-refractivity contribution in [2.75, 3.05) is 39.6 Å². The molecule has 2 heterocycles. The van der Waals surface area contributed by atoms with Crippen LogP contribution in [0.15, 0.2) is 36.4 Å². The highest BCUT2D eigenvalue weighted by Crippen LogP contribution is 2.43. The average molecular weight is 577 g/mol. The summed E-state index contributed by atoms with van der Waals surface area (Å²) in [6, 6.07) is 9.21. The lowest BCUT2D eigenvalue weighted by Gasteiger charge is -2.43. The number of H-pyrrole nitrogens is 1. The number of alkyl halides is 1. The monoisotopic (exact) mass is 576 g/mol. The van der Waals surface area contributed by atoms with E-state index in [1.54, 1.807) is 0 Å². The van der Waals surface area contributed by atoms with E-state index in [0.717, 1.165) is 16.5 Å². The van der Waals surface area contributed by atoms with Gasteiger partial charge in [0.05, 0.1) is 12.6 Å². The Labute approximate surface area is 238 Å². The molecule has 1 aromatic heterocycles. The molecule has 2 N–H and O–H groups in total. The van der Waals surface area contributed by atoms with Crippen LogP contribution in [0.4, 0.5) is 13.2 Å². The molecule has 224 valence electrons. The smallest absolute Gasteiger partial charge is 0.329 e. The number of ether oxygens (including phenoxy) is 3. The molecule has 0 radical (unpaired) electrons. The summed E-state index contributed by atoms with van der Waals surface area (Å²) < 4.78 is 62.4. The number of aromatic nitrogens is 1. The minimum Gasteiger partial charge on any atom is -0.493 e. The normalized spacial score (nSPS) is 17.6. The number of aromatic amines is 1. The maximum atomic E-state index is 15.7. The number of hydrogen-bond acceptors (Lipinski definition) is 5. The van der Waals surface area contributed by atoms with E-state index < -0.39 is 29.3 Å². The zero-order valence-corrected chi connectivity index (χ0v) is 23.9. The number of para-hydroxylation sites is 1. The fourth-order valence-corrected chi connectivity index (χ4v) is 5.42. The van der Waals surface area contributed by atoms with Crippen LogP contribution in [0.25, 0.3) is 10.9 Å². The second-order valence-electron chi connectivity index (χ2n) is 11.2. The quantitative estimate of drug-likeness (QED) is 0.210. The zero-order valence-electron chi connectivity index (χ0n) is 23.9. The molecular formula is C31H39F3N2O5. The van der Waals surface area contributed by atoms with E-state index >= 15 is 8.78 Å². The van der Waals surface area contributed by atoms with Crippen LogP contribution in [-0.2, 0) is 20.7 Å². The summed E-state index contributed by atoms with van der Waals surface area (Å²) in [6.07, 6.45) is 2.54. The van der Waals surface area contributed by atoms with Gasteiger partial charge in [-0.25, -0.2) is 18.0 Å². The van der Waals surface area contributed by atoms with Crippen molar-refractivity contribution in [2.45, 2.75) is 64.2 Å². The highest BCUT2D eigenvalue weighted by Gasteiger charge is 2.41. The highest BCUT2D eigenvalue weighted by molar-refractivity contribution is 5.85. The van der Waals surface area contributed by atoms with Crippen molar-refractivity contribution in [2.24, 2.45) is 0 Å². The van der Waals surface area contributed by atoms with E-state index in [2.05, 4.69) is 4.98 Å². The molecule has 10 heteroatoms. The van der Waals surface area contributed by atoms with Crippen LogP contribution in [0.3, 0.4) is 0 Å². The van der Waals surface area contributed by atoms with Gasteiger partial charge in [0, 0.05) is 66.7 Å². The first-order valence-electron chi connectivity index (χ1n) is 14.1. The number of hydrogen-bond donors (Lipinski definition) is 2. The maximum Gasteiger partial charge on any atom is 0.329 e. The van der Waals surface area contributed by atoms with E-state index in [-0.39, 0.29) is 37.1 Å². The first-order valence-corrected chi connectivity index (χ1v) is 14.1. The second-order valence-corrected chi connectivity index (χ2v) is 11.2. The number of aliphatic carboxylic acids is 1. The van der Waals surface area contributed by atoms with Crippen LogP contribution in [-0.4, -0.2) is 72.2 Å². The first-order chi connectivity index (χ1) is 19.5. The molecule has 0 fully saturated rings. The number of nitrogens with one attached hydrogen (secondary N) is 1. The summed E-state index contributed by atoms with van der Waals surface area (Å²) in [4.78, 5) is 15.6. The molecule has 7 nitrogen and oxygen atoms in total. The Hall–Kier alpha value is -3.08. The summed E-state index contributed by atoms with van der Waals surface area (Å²) in [5.41, 5.74) is 0.881. The SMILES string of the molecule is C[C@@H]1Cc2c([nH]c3ccccc23)[C@@H](c2c(F)cc(OCCCCOCCCOCC(=O)O)cc2F)N1CC(C)(C)F. The van der Waals surface area contributed by atoms with Gasteiger partial charge in [-0.2, -0.15) is 0 Å². The Morgan fingerprint density at radius 1 is 1.05 bits per heavy atom. The number of benzene rings is 2. The van der Waals surface area contributed by atoms with Crippen LogP contribution in [0.1, 0.15) is 62.9 Å². The molecule has 0 spiro atoms. The van der Waals surface area contributed by atoms with Gasteiger partial charge in [-0.05, 0) is 58.1 Å². The second kappa shape index (κ2) is 13.7. The Balaban J connectivity index is 1.42. The van der Waals surface area contributed by atoms with Crippen molar-refractivity contribution in [3.05, 3.63) is 64.9 Å². The number of fused-ring (bicyclic) bond motifs is 3. The van der Waals surface area contributed by atoms with Crippen LogP contribution in [0.5, 0.6) is 5.75 Å². The fraction of sp³-hybridized carbons (Fsp3) is 0.516. The van der Waals surface area contributed by atoms with Crippen molar-refractivity contribution in [1.82, 2.24) is 9.88 Å². The third-order valence-electron chi connectivity index (χ3n) is 7.16. The van der Waals surface area contributed by atoms with Gasteiger partial charge in [0.25, 0.3) is 0 Å². The molecule has 2 atom stereocenters. The Morgan fingerprint density at radius 3 is 2.41 bits per heavy atom. The van der Waals surface area contributed by atoms with E-state index in [1.165, 1.54) is 26.0 Å². The van der Waals surface area contributed by atoms with Gasteiger partial charge in [-0.3, -0.25) is 4.90 Å². The maximum absolute atomic E-state index is 15.7. The number of unbranched alkanes of at least 4 members (excludes halogenated alkanes) is 1. The third kappa shape index (κ3) is 8.02. The number of carbonyl (C=O) groups is 1. The van der Waals surface area contributed by atoms with E-state index in [4.69, 9.17) is 19.3 Å². The lowest BCUT2D eigenvalue weighted by Crippen LogP contribution is -2.48. The van der Waals surface area contributed by atoms with Gasteiger partial charge in [-0.15, -0.1) is 0 Å². The summed E-state index contributed by atoms with van der Waals surface area (Å²) in [5, 5.41) is 9.52. The molecule has 41 heavy (non-hydrogen) atoms. The summed E-state index contributed by atoms with van der Waals surface area (Å²) in [6.45, 7) is 6.12. The largest absolute Gasteiger partial charge is 0.493 e. The highest BCUT2D eigenvalue weighted by atomic mass is 19.1. The predicted molar refractivity (Wildman–Crippen MR) is 150 cm³/mol. The van der Waals surface area contributed by atoms with Gasteiger partial charge in [0.2, 0.25) is 0 Å². The summed E-state index contributed by atoms with van der Waals surface area (Å²) in [7, 11) is 0. The van der Waals surface area contributed by atoms with Crippen LogP contribution < -0.4 is 4.74 Å². The Kier molecular flexibility index (Phi) is 10.3. The van der Waals surface area contributed by atoms with E-state index in [1.807, 2.05) is 36.1 Å². The van der Waals surface area contributed by atoms with Crippen molar-refractivity contribution >= 4 is 16.9 Å². The lowest BCUT2D eigenvalue weighted by molar-refractivity contribution is -0.142. The van der Waals surface area contributed by atoms with Crippen molar-refractivity contribution in [1.29, 1.82) is 0 Å². The minimum atomic E-state index is -1.57. The van der Waals surface area contributed by atoms with Crippen molar-refractivity contribution < 1.29 is 37.3 Å². The van der Waals surface area contributed by atoms with Crippen LogP contribution in [0.2, 0.25) is 0 Å². The molecule has 4 rings (SSSR count). The Bertz CT molecular complexity index is 1300. The van der Waals surface area contributed by atoms with Gasteiger partial charge in [0.15, 0.2) is 0 Å². The Morgan fingerprint density at radius 2 is 1.71 bits per heavy atom. The van der Waals surface area contributed by atoms with E-state index in [9.17, 15) is 9.18 Å². The topological polar surface area (TPSA) is 84.0 Å². The predicted octanol–water partition coefficient (Wildman–Crippen LogP) is 6.20. The molecule has 2 aromatic carbocycles. The van der Waals surface area contributed by atoms with Gasteiger partial charge in [-0.1, -0.05) is 18.2 Å². The number of carboxylic acid groups (broad SMARTS) is 1. The molecule has 0 unspecified atom stereocenters. The van der Waals surface area contributed by atoms with Gasteiger partial charge in [0.1, 0.15) is 29.7 Å². The number of carboxylic acids is 1. The summed E-state index contributed by atoms with van der Waals surface area (Å²) >= 11 is 0. The van der Waals surface area contributed by atoms with Gasteiger partial charge < -0.3 is 24.3 Å². The number of nitrogens with zero attached hydrogens (tertiary/aromatic N) is 1. The van der Waals surface area contributed by atoms with E-state index in [0.29, 0.717) is 51.2 Å². The van der Waals surface area contributed by atoms with Crippen molar-refractivity contribution in [3.8, 4) is 5.75 Å². The molecule has 0 bridgehead atoms. The molecule has 1 aliphatic rings. The number of rotatable bonds is 15. The molecule has 0 saturated carbocycles. The molecule has 0 aliphatic carbocycles. The minimum absolute atomic E-state index is 0.0161. The first kappa shape index (κ1) is 30.9. The molecule has 1 aliphatic heterocycles. The zero-order chi connectivity index (χ0) is 29.6. The molecule has 0 amide bonds. The van der Waals surface area contributed by atoms with Crippen molar-refractivity contribution in [3.63, 3.8) is 0 Å².